The van der Waals surface area contributed by atoms with Crippen LogP contribution in [0.25, 0.3) is 0 Å². The van der Waals surface area contributed by atoms with Gasteiger partial charge in [-0.1, -0.05) is 13.8 Å². The molecule has 0 unspecified atom stereocenters. The third-order valence-electron chi connectivity index (χ3n) is 8.18. The third kappa shape index (κ3) is 1.95. The predicted octanol–water partition coefficient (Wildman–Crippen LogP) is 2.53. The fourth-order valence-corrected chi connectivity index (χ4v) is 6.71. The average molecular weight is 322 g/mol. The number of hydrogen-bond donors (Lipinski definition) is 4. The van der Waals surface area contributed by atoms with Crippen LogP contribution < -0.4 is 0 Å². The monoisotopic (exact) mass is 322 g/mol. The zero-order chi connectivity index (χ0) is 16.6. The van der Waals surface area contributed by atoms with Gasteiger partial charge in [-0.3, -0.25) is 0 Å². The molecule has 8 atom stereocenters. The molecule has 0 aromatic heterocycles. The molecule has 0 bridgehead atoms. The highest BCUT2D eigenvalue weighted by atomic mass is 16.3. The molecule has 0 aromatic rings. The minimum absolute atomic E-state index is 0.0369. The summed E-state index contributed by atoms with van der Waals surface area (Å²) in [5, 5.41) is 42.1. The fraction of sp³-hybridized carbons (Fsp3) is 0.895. The van der Waals surface area contributed by atoms with Crippen molar-refractivity contribution in [3.05, 3.63) is 11.3 Å². The highest BCUT2D eigenvalue weighted by Gasteiger charge is 2.62. The summed E-state index contributed by atoms with van der Waals surface area (Å²) in [6, 6.07) is 0. The second-order valence-electron chi connectivity index (χ2n) is 9.05. The Morgan fingerprint density at radius 2 is 1.65 bits per heavy atom. The van der Waals surface area contributed by atoms with Gasteiger partial charge >= 0.3 is 0 Å². The molecule has 0 spiro atoms. The van der Waals surface area contributed by atoms with Crippen molar-refractivity contribution in [2.24, 2.45) is 28.6 Å². The van der Waals surface area contributed by atoms with Crippen LogP contribution in [-0.2, 0) is 0 Å². The molecule has 4 aliphatic carbocycles. The Bertz CT molecular complexity index is 543. The molecule has 23 heavy (non-hydrogen) atoms. The van der Waals surface area contributed by atoms with E-state index in [9.17, 15) is 20.4 Å². The van der Waals surface area contributed by atoms with Crippen molar-refractivity contribution >= 4 is 0 Å². The van der Waals surface area contributed by atoms with Crippen LogP contribution in [0.4, 0.5) is 0 Å². The first kappa shape index (κ1) is 15.9. The van der Waals surface area contributed by atoms with Gasteiger partial charge in [0.15, 0.2) is 0 Å². The minimum Gasteiger partial charge on any atom is -0.510 e. The standard InChI is InChI=1S/C19H30O4/c1-18-7-5-10(20)9-13(18)16(22)17(23)15-11-3-4-14(21)19(11,2)8-6-12(15)18/h10-12,14-15,17,20-23H,3-9H2,1-2H3/t10-,11-,12-,14-,15-,17+,18+,19-/m0/s1. The topological polar surface area (TPSA) is 80.9 Å². The summed E-state index contributed by atoms with van der Waals surface area (Å²) < 4.78 is 0. The molecule has 0 saturated heterocycles. The van der Waals surface area contributed by atoms with Crippen molar-refractivity contribution < 1.29 is 20.4 Å². The molecule has 0 heterocycles. The quantitative estimate of drug-likeness (QED) is 0.552. The first-order chi connectivity index (χ1) is 10.8. The Hall–Kier alpha value is -0.580. The van der Waals surface area contributed by atoms with Crippen molar-refractivity contribution in [1.29, 1.82) is 0 Å². The van der Waals surface area contributed by atoms with Gasteiger partial charge in [-0.05, 0) is 79.1 Å². The Labute approximate surface area is 138 Å². The molecule has 0 amide bonds. The van der Waals surface area contributed by atoms with Crippen LogP contribution in [0.5, 0.6) is 0 Å². The van der Waals surface area contributed by atoms with E-state index >= 15 is 0 Å². The van der Waals surface area contributed by atoms with E-state index in [0.29, 0.717) is 12.3 Å². The molecular formula is C19H30O4. The molecule has 3 fully saturated rings. The van der Waals surface area contributed by atoms with E-state index in [1.807, 2.05) is 0 Å². The highest BCUT2D eigenvalue weighted by Crippen LogP contribution is 2.65. The van der Waals surface area contributed by atoms with E-state index in [0.717, 1.165) is 44.1 Å². The maximum absolute atomic E-state index is 10.9. The van der Waals surface area contributed by atoms with E-state index in [1.54, 1.807) is 0 Å². The van der Waals surface area contributed by atoms with Gasteiger partial charge in [0.25, 0.3) is 0 Å². The molecule has 0 radical (unpaired) electrons. The van der Waals surface area contributed by atoms with Crippen LogP contribution in [0.1, 0.15) is 58.8 Å². The summed E-state index contributed by atoms with van der Waals surface area (Å²) in [6.45, 7) is 4.39. The first-order valence-corrected chi connectivity index (χ1v) is 9.25. The largest absolute Gasteiger partial charge is 0.510 e. The lowest BCUT2D eigenvalue weighted by molar-refractivity contribution is -0.120. The van der Waals surface area contributed by atoms with Crippen LogP contribution in [0.15, 0.2) is 11.3 Å². The fourth-order valence-electron chi connectivity index (χ4n) is 6.71. The summed E-state index contributed by atoms with van der Waals surface area (Å²) in [4.78, 5) is 0. The lowest BCUT2D eigenvalue weighted by atomic mass is 9.47. The van der Waals surface area contributed by atoms with E-state index in [-0.39, 0.29) is 34.5 Å². The van der Waals surface area contributed by atoms with E-state index in [4.69, 9.17) is 0 Å². The zero-order valence-electron chi connectivity index (χ0n) is 14.2. The molecular weight excluding hydrogens is 292 g/mol. The van der Waals surface area contributed by atoms with Gasteiger partial charge in [-0.2, -0.15) is 0 Å². The highest BCUT2D eigenvalue weighted by molar-refractivity contribution is 5.31. The van der Waals surface area contributed by atoms with Gasteiger partial charge in [0.1, 0.15) is 11.9 Å². The lowest BCUT2D eigenvalue weighted by Crippen LogP contribution is -2.56. The average Bonchev–Trinajstić information content (AvgIpc) is 2.82. The number of rotatable bonds is 0. The number of aliphatic hydroxyl groups is 4. The van der Waals surface area contributed by atoms with E-state index in [1.165, 1.54) is 0 Å². The normalized spacial score (nSPS) is 56.0. The summed E-state index contributed by atoms with van der Waals surface area (Å²) in [5.41, 5.74) is 0.666. The molecule has 4 rings (SSSR count). The van der Waals surface area contributed by atoms with Crippen LogP contribution in [0.2, 0.25) is 0 Å². The van der Waals surface area contributed by atoms with Crippen molar-refractivity contribution in [3.63, 3.8) is 0 Å². The second kappa shape index (κ2) is 4.96. The molecule has 4 nitrogen and oxygen atoms in total. The van der Waals surface area contributed by atoms with Gasteiger partial charge in [-0.25, -0.2) is 0 Å². The van der Waals surface area contributed by atoms with E-state index in [2.05, 4.69) is 13.8 Å². The maximum atomic E-state index is 10.9. The summed E-state index contributed by atoms with van der Waals surface area (Å²) >= 11 is 0. The van der Waals surface area contributed by atoms with Crippen LogP contribution >= 0.6 is 0 Å². The van der Waals surface area contributed by atoms with Crippen LogP contribution in [0, 0.1) is 28.6 Å². The first-order valence-electron chi connectivity index (χ1n) is 9.25. The molecule has 4 heteroatoms. The Balaban J connectivity index is 1.78. The molecule has 0 aromatic carbocycles. The maximum Gasteiger partial charge on any atom is 0.121 e. The summed E-state index contributed by atoms with van der Waals surface area (Å²) in [6.07, 6.45) is 4.39. The third-order valence-corrected chi connectivity index (χ3v) is 8.18. The number of hydrogen-bond acceptors (Lipinski definition) is 4. The van der Waals surface area contributed by atoms with Crippen molar-refractivity contribution in [1.82, 2.24) is 0 Å². The van der Waals surface area contributed by atoms with Crippen molar-refractivity contribution in [2.45, 2.75) is 77.1 Å². The Morgan fingerprint density at radius 3 is 2.39 bits per heavy atom. The van der Waals surface area contributed by atoms with Gasteiger partial charge in [0.2, 0.25) is 0 Å². The molecule has 0 aliphatic heterocycles. The van der Waals surface area contributed by atoms with Gasteiger partial charge < -0.3 is 20.4 Å². The van der Waals surface area contributed by atoms with Gasteiger partial charge in [0, 0.05) is 0 Å². The molecule has 130 valence electrons. The van der Waals surface area contributed by atoms with Crippen LogP contribution in [0.3, 0.4) is 0 Å². The SMILES string of the molecule is C[C@]12CC[C@H]3[C@@H]([C@@H](O)C(O)=C4C[C@@H](O)CC[C@@]43C)[C@@H]1CC[C@@H]2O. The lowest BCUT2D eigenvalue weighted by Gasteiger charge is -2.59. The Kier molecular flexibility index (Phi) is 3.44. The zero-order valence-corrected chi connectivity index (χ0v) is 14.2. The minimum atomic E-state index is -0.830. The summed E-state index contributed by atoms with van der Waals surface area (Å²) in [7, 11) is 0. The van der Waals surface area contributed by atoms with Crippen molar-refractivity contribution in [2.75, 3.05) is 0 Å². The summed E-state index contributed by atoms with van der Waals surface area (Å²) in [5.74, 6) is 0.783. The Morgan fingerprint density at radius 1 is 0.913 bits per heavy atom. The van der Waals surface area contributed by atoms with Gasteiger partial charge in [0.05, 0.1) is 12.2 Å². The van der Waals surface area contributed by atoms with Crippen LogP contribution in [-0.4, -0.2) is 38.7 Å². The molecule has 4 aliphatic rings. The molecule has 3 saturated carbocycles. The van der Waals surface area contributed by atoms with Gasteiger partial charge in [-0.15, -0.1) is 0 Å². The number of aliphatic hydroxyl groups excluding tert-OH is 4. The second-order valence-corrected chi connectivity index (χ2v) is 9.05. The smallest absolute Gasteiger partial charge is 0.121 e. The predicted molar refractivity (Wildman–Crippen MR) is 86.7 cm³/mol. The van der Waals surface area contributed by atoms with E-state index < -0.39 is 12.2 Å². The number of fused-ring (bicyclic) bond motifs is 5. The van der Waals surface area contributed by atoms with Crippen molar-refractivity contribution in [3.8, 4) is 0 Å². The molecule has 4 N–H and O–H groups in total.